The van der Waals surface area contributed by atoms with Crippen molar-refractivity contribution in [3.63, 3.8) is 0 Å². The van der Waals surface area contributed by atoms with E-state index in [9.17, 15) is 9.59 Å². The molecule has 0 spiro atoms. The molecule has 0 aliphatic carbocycles. The lowest BCUT2D eigenvalue weighted by Crippen LogP contribution is -2.20. The van der Waals surface area contributed by atoms with Gasteiger partial charge in [0.05, 0.1) is 40.1 Å². The van der Waals surface area contributed by atoms with Gasteiger partial charge in [-0.3, -0.25) is 4.79 Å². The number of benzene rings is 1. The van der Waals surface area contributed by atoms with Crippen molar-refractivity contribution in [2.75, 3.05) is 34.5 Å². The molecular formula is C20H24O7. The van der Waals surface area contributed by atoms with E-state index < -0.39 is 11.8 Å². The molecule has 0 bridgehead atoms. The van der Waals surface area contributed by atoms with Crippen LogP contribution in [0.25, 0.3) is 6.08 Å². The molecule has 1 heterocycles. The maximum absolute atomic E-state index is 12.9. The van der Waals surface area contributed by atoms with Gasteiger partial charge in [0.15, 0.2) is 5.76 Å². The lowest BCUT2D eigenvalue weighted by Gasteiger charge is -2.16. The number of carbonyl (C=O) groups excluding carboxylic acids is 2. The highest BCUT2D eigenvalue weighted by atomic mass is 16.5. The van der Waals surface area contributed by atoms with Gasteiger partial charge in [0.2, 0.25) is 5.78 Å². The Labute approximate surface area is 158 Å². The van der Waals surface area contributed by atoms with Gasteiger partial charge < -0.3 is 23.7 Å². The van der Waals surface area contributed by atoms with Crippen LogP contribution in [0.2, 0.25) is 0 Å². The second-order valence-electron chi connectivity index (χ2n) is 5.61. The summed E-state index contributed by atoms with van der Waals surface area (Å²) in [6, 6.07) is 3.27. The van der Waals surface area contributed by atoms with Crippen molar-refractivity contribution in [3.8, 4) is 17.2 Å². The van der Waals surface area contributed by atoms with Crippen molar-refractivity contribution in [2.45, 2.75) is 19.8 Å². The molecule has 0 fully saturated rings. The molecule has 0 saturated carbocycles. The van der Waals surface area contributed by atoms with Gasteiger partial charge in [-0.2, -0.15) is 0 Å². The Hall–Kier alpha value is -2.96. The molecule has 0 aromatic heterocycles. The third-order valence-corrected chi connectivity index (χ3v) is 3.94. The maximum atomic E-state index is 12.9. The van der Waals surface area contributed by atoms with E-state index in [1.165, 1.54) is 27.4 Å². The number of Topliss-reactive ketones (excluding diaryl/α,β-unsaturated/α-hetero) is 1. The Morgan fingerprint density at radius 3 is 2.26 bits per heavy atom. The molecule has 7 nitrogen and oxygen atoms in total. The fourth-order valence-electron chi connectivity index (χ4n) is 2.59. The minimum atomic E-state index is -0.738. The molecule has 0 saturated heterocycles. The first-order valence-corrected chi connectivity index (χ1v) is 8.62. The van der Waals surface area contributed by atoms with Gasteiger partial charge in [0, 0.05) is 12.1 Å². The SMILES string of the molecule is CCOC(=O)/C(=C/c1c(OC)cc(OC)cc1OC)C(=O)C1=CCCCO1. The van der Waals surface area contributed by atoms with Crippen LogP contribution < -0.4 is 14.2 Å². The Morgan fingerprint density at radius 2 is 1.78 bits per heavy atom. The van der Waals surface area contributed by atoms with Crippen LogP contribution in [0.4, 0.5) is 0 Å². The van der Waals surface area contributed by atoms with Crippen molar-refractivity contribution in [1.82, 2.24) is 0 Å². The predicted octanol–water partition coefficient (Wildman–Crippen LogP) is 2.92. The van der Waals surface area contributed by atoms with Crippen LogP contribution in [-0.2, 0) is 19.1 Å². The fourth-order valence-corrected chi connectivity index (χ4v) is 2.59. The lowest BCUT2D eigenvalue weighted by molar-refractivity contribution is -0.139. The molecule has 1 aromatic carbocycles. The van der Waals surface area contributed by atoms with Crippen LogP contribution in [0.3, 0.4) is 0 Å². The van der Waals surface area contributed by atoms with Crippen LogP contribution in [0.5, 0.6) is 17.2 Å². The molecule has 146 valence electrons. The number of hydrogen-bond donors (Lipinski definition) is 0. The van der Waals surface area contributed by atoms with E-state index in [1.54, 1.807) is 25.1 Å². The molecule has 7 heteroatoms. The second-order valence-corrected chi connectivity index (χ2v) is 5.61. The molecule has 0 unspecified atom stereocenters. The highest BCUT2D eigenvalue weighted by Crippen LogP contribution is 2.36. The van der Waals surface area contributed by atoms with Gasteiger partial charge in [-0.05, 0) is 31.9 Å². The number of allylic oxidation sites excluding steroid dienone is 2. The molecule has 1 aliphatic heterocycles. The quantitative estimate of drug-likeness (QED) is 0.299. The van der Waals surface area contributed by atoms with Crippen LogP contribution in [0.15, 0.2) is 29.5 Å². The van der Waals surface area contributed by atoms with Gasteiger partial charge in [0.1, 0.15) is 22.8 Å². The highest BCUT2D eigenvalue weighted by Gasteiger charge is 2.27. The number of ether oxygens (including phenoxy) is 5. The molecular weight excluding hydrogens is 352 g/mol. The lowest BCUT2D eigenvalue weighted by atomic mass is 10.0. The predicted molar refractivity (Wildman–Crippen MR) is 99.0 cm³/mol. The first kappa shape index (κ1) is 20.4. The summed E-state index contributed by atoms with van der Waals surface area (Å²) in [4.78, 5) is 25.3. The van der Waals surface area contributed by atoms with Crippen molar-refractivity contribution in [3.05, 3.63) is 35.1 Å². The minimum Gasteiger partial charge on any atom is -0.496 e. The third-order valence-electron chi connectivity index (χ3n) is 3.94. The minimum absolute atomic E-state index is 0.139. The van der Waals surface area contributed by atoms with Gasteiger partial charge in [0.25, 0.3) is 0 Å². The van der Waals surface area contributed by atoms with E-state index in [1.807, 2.05) is 0 Å². The summed E-state index contributed by atoms with van der Waals surface area (Å²) in [7, 11) is 4.47. The van der Waals surface area contributed by atoms with E-state index in [-0.39, 0.29) is 17.9 Å². The van der Waals surface area contributed by atoms with Crippen LogP contribution in [0.1, 0.15) is 25.3 Å². The van der Waals surface area contributed by atoms with Gasteiger partial charge >= 0.3 is 5.97 Å². The Morgan fingerprint density at radius 1 is 1.11 bits per heavy atom. The monoisotopic (exact) mass is 376 g/mol. The largest absolute Gasteiger partial charge is 0.496 e. The Kier molecular flexibility index (Phi) is 7.28. The van der Waals surface area contributed by atoms with Gasteiger partial charge in [-0.25, -0.2) is 4.79 Å². The Balaban J connectivity index is 2.58. The van der Waals surface area contributed by atoms with Crippen molar-refractivity contribution in [1.29, 1.82) is 0 Å². The summed E-state index contributed by atoms with van der Waals surface area (Å²) in [6.07, 6.45) is 4.62. The van der Waals surface area contributed by atoms with Crippen molar-refractivity contribution >= 4 is 17.8 Å². The number of rotatable bonds is 8. The van der Waals surface area contributed by atoms with Crippen LogP contribution in [0, 0.1) is 0 Å². The third kappa shape index (κ3) is 4.81. The average Bonchev–Trinajstić information content (AvgIpc) is 2.71. The summed E-state index contributed by atoms with van der Waals surface area (Å²) >= 11 is 0. The topological polar surface area (TPSA) is 80.3 Å². The average molecular weight is 376 g/mol. The zero-order chi connectivity index (χ0) is 19.8. The summed E-state index contributed by atoms with van der Waals surface area (Å²) < 4.78 is 26.5. The molecule has 27 heavy (non-hydrogen) atoms. The zero-order valence-corrected chi connectivity index (χ0v) is 16.0. The summed E-state index contributed by atoms with van der Waals surface area (Å²) in [5.41, 5.74) is 0.264. The number of hydrogen-bond acceptors (Lipinski definition) is 7. The first-order valence-electron chi connectivity index (χ1n) is 8.62. The molecule has 0 amide bonds. The molecule has 0 N–H and O–H groups in total. The molecule has 0 radical (unpaired) electrons. The molecule has 1 aliphatic rings. The molecule has 1 aromatic rings. The number of carbonyl (C=O) groups is 2. The van der Waals surface area contributed by atoms with Crippen LogP contribution in [-0.4, -0.2) is 46.3 Å². The first-order chi connectivity index (χ1) is 13.0. The van der Waals surface area contributed by atoms with E-state index >= 15 is 0 Å². The van der Waals surface area contributed by atoms with E-state index in [0.717, 1.165) is 6.42 Å². The molecule has 2 rings (SSSR count). The Bertz CT molecular complexity index is 737. The zero-order valence-electron chi connectivity index (χ0n) is 16.0. The van der Waals surface area contributed by atoms with Gasteiger partial charge in [-0.1, -0.05) is 0 Å². The number of ketones is 1. The van der Waals surface area contributed by atoms with Crippen LogP contribution >= 0.6 is 0 Å². The van der Waals surface area contributed by atoms with E-state index in [2.05, 4.69) is 0 Å². The maximum Gasteiger partial charge on any atom is 0.342 e. The standard InChI is InChI=1S/C20H24O7/c1-5-26-20(22)15(19(21)16-8-6-7-9-27-16)12-14-17(24-3)10-13(23-2)11-18(14)25-4/h8,10-12H,5-7,9H2,1-4H3/b15-12+. The second kappa shape index (κ2) is 9.66. The van der Waals surface area contributed by atoms with Gasteiger partial charge in [-0.15, -0.1) is 0 Å². The summed E-state index contributed by atoms with van der Waals surface area (Å²) in [6.45, 7) is 2.24. The smallest absolute Gasteiger partial charge is 0.342 e. The number of esters is 1. The summed E-state index contributed by atoms with van der Waals surface area (Å²) in [5.74, 6) is 0.166. The van der Waals surface area contributed by atoms with Crippen molar-refractivity contribution in [2.24, 2.45) is 0 Å². The fraction of sp³-hybridized carbons (Fsp3) is 0.400. The molecule has 0 atom stereocenters. The van der Waals surface area contributed by atoms with E-state index in [0.29, 0.717) is 35.8 Å². The highest BCUT2D eigenvalue weighted by molar-refractivity contribution is 6.26. The number of methoxy groups -OCH3 is 3. The van der Waals surface area contributed by atoms with Crippen molar-refractivity contribution < 1.29 is 33.3 Å². The summed E-state index contributed by atoms with van der Waals surface area (Å²) in [5, 5.41) is 0. The van der Waals surface area contributed by atoms with E-state index in [4.69, 9.17) is 23.7 Å². The normalized spacial score (nSPS) is 13.9.